The van der Waals surface area contributed by atoms with Crippen LogP contribution in [0, 0.1) is 0 Å². The molecule has 0 spiro atoms. The highest BCUT2D eigenvalue weighted by Crippen LogP contribution is 2.46. The van der Waals surface area contributed by atoms with Crippen molar-refractivity contribution < 1.29 is 33.1 Å². The summed E-state index contributed by atoms with van der Waals surface area (Å²) in [6, 6.07) is 0. The van der Waals surface area contributed by atoms with Crippen molar-refractivity contribution in [1.29, 1.82) is 0 Å². The summed E-state index contributed by atoms with van der Waals surface area (Å²) in [5.74, 6) is 0. The van der Waals surface area contributed by atoms with Crippen LogP contribution in [0.2, 0.25) is 0 Å². The van der Waals surface area contributed by atoms with Crippen LogP contribution in [0.3, 0.4) is 0 Å². The van der Waals surface area contributed by atoms with E-state index in [0.717, 1.165) is 7.11 Å². The monoisotopic (exact) mass is 240 g/mol. The predicted octanol–water partition coefficient (Wildman–Crippen LogP) is -0.723. The first-order chi connectivity index (χ1) is 7.03. The van der Waals surface area contributed by atoms with Gasteiger partial charge in [0.2, 0.25) is 0 Å². The van der Waals surface area contributed by atoms with E-state index in [4.69, 9.17) is 18.9 Å². The maximum absolute atomic E-state index is 11.1. The minimum atomic E-state index is -4.03. The van der Waals surface area contributed by atoms with Crippen molar-refractivity contribution in [2.24, 2.45) is 0 Å². The molecule has 2 aliphatic heterocycles. The fourth-order valence-corrected chi connectivity index (χ4v) is 2.36. The van der Waals surface area contributed by atoms with Crippen LogP contribution in [0.1, 0.15) is 0 Å². The summed E-state index contributed by atoms with van der Waals surface area (Å²) in [6.07, 6.45) is -2.37. The SMILES string of the molecule is COP(=O)(O)O[C@@H]1CO[C@H]2[C@@H]1OC[C@H]2O. The van der Waals surface area contributed by atoms with Crippen LogP contribution in [0.25, 0.3) is 0 Å². The Labute approximate surface area is 86.5 Å². The average molecular weight is 240 g/mol. The first kappa shape index (κ1) is 11.5. The Kier molecular flexibility index (Phi) is 3.14. The molecular weight excluding hydrogens is 227 g/mol. The molecule has 5 atom stereocenters. The number of hydrogen-bond donors (Lipinski definition) is 2. The van der Waals surface area contributed by atoms with Gasteiger partial charge in [0.1, 0.15) is 24.4 Å². The van der Waals surface area contributed by atoms with Gasteiger partial charge in [0, 0.05) is 7.11 Å². The van der Waals surface area contributed by atoms with Crippen LogP contribution in [0.5, 0.6) is 0 Å². The van der Waals surface area contributed by atoms with E-state index in [1.807, 2.05) is 0 Å². The second-order valence-electron chi connectivity index (χ2n) is 3.46. The standard InChI is InChI=1S/C7H13O7P/c1-11-15(9,10)14-5-3-13-6-4(8)2-12-7(5)6/h4-8H,2-3H2,1H3,(H,9,10)/t4-,5-,6-,7-/m1/s1. The number of hydrogen-bond acceptors (Lipinski definition) is 6. The summed E-state index contributed by atoms with van der Waals surface area (Å²) in [5, 5.41) is 9.40. The molecule has 0 bridgehead atoms. The maximum Gasteiger partial charge on any atom is 0.472 e. The second kappa shape index (κ2) is 4.10. The third-order valence-corrected chi connectivity index (χ3v) is 3.48. The molecular formula is C7H13O7P. The van der Waals surface area contributed by atoms with Crippen LogP contribution in [0.4, 0.5) is 0 Å². The van der Waals surface area contributed by atoms with Gasteiger partial charge in [-0.2, -0.15) is 0 Å². The third-order valence-electron chi connectivity index (χ3n) is 2.48. The molecule has 2 heterocycles. The summed E-state index contributed by atoms with van der Waals surface area (Å²) in [4.78, 5) is 9.11. The molecule has 0 saturated carbocycles. The normalized spacial score (nSPS) is 43.9. The quantitative estimate of drug-likeness (QED) is 0.628. The molecule has 8 heteroatoms. The molecule has 2 N–H and O–H groups in total. The zero-order valence-electron chi connectivity index (χ0n) is 8.11. The lowest BCUT2D eigenvalue weighted by Crippen LogP contribution is -2.32. The van der Waals surface area contributed by atoms with E-state index < -0.39 is 32.2 Å². The molecule has 0 aliphatic carbocycles. The third kappa shape index (κ3) is 2.24. The molecule has 7 nitrogen and oxygen atoms in total. The van der Waals surface area contributed by atoms with Gasteiger partial charge in [-0.15, -0.1) is 0 Å². The molecule has 1 unspecified atom stereocenters. The van der Waals surface area contributed by atoms with Crippen molar-refractivity contribution in [1.82, 2.24) is 0 Å². The highest BCUT2D eigenvalue weighted by molar-refractivity contribution is 7.47. The van der Waals surface area contributed by atoms with E-state index in [2.05, 4.69) is 4.52 Å². The number of fused-ring (bicyclic) bond motifs is 1. The van der Waals surface area contributed by atoms with E-state index >= 15 is 0 Å². The minimum Gasteiger partial charge on any atom is -0.388 e. The van der Waals surface area contributed by atoms with Crippen LogP contribution in [-0.4, -0.2) is 54.7 Å². The van der Waals surface area contributed by atoms with Gasteiger partial charge >= 0.3 is 7.82 Å². The van der Waals surface area contributed by atoms with Crippen molar-refractivity contribution in [2.45, 2.75) is 24.4 Å². The summed E-state index contributed by atoms with van der Waals surface area (Å²) >= 11 is 0. The molecule has 2 saturated heterocycles. The van der Waals surface area contributed by atoms with Crippen LogP contribution in [-0.2, 0) is 23.1 Å². The zero-order valence-corrected chi connectivity index (χ0v) is 9.00. The van der Waals surface area contributed by atoms with E-state index in [9.17, 15) is 9.67 Å². The van der Waals surface area contributed by atoms with Gasteiger partial charge in [-0.1, -0.05) is 0 Å². The van der Waals surface area contributed by atoms with Gasteiger partial charge in [0.05, 0.1) is 13.2 Å². The lowest BCUT2D eigenvalue weighted by Gasteiger charge is -2.18. The van der Waals surface area contributed by atoms with Gasteiger partial charge in [-0.25, -0.2) is 4.57 Å². The van der Waals surface area contributed by atoms with Crippen molar-refractivity contribution in [3.05, 3.63) is 0 Å². The molecule has 0 aromatic carbocycles. The fraction of sp³-hybridized carbons (Fsp3) is 1.00. The summed E-state index contributed by atoms with van der Waals surface area (Å²) < 4.78 is 30.7. The maximum atomic E-state index is 11.1. The molecule has 2 fully saturated rings. The van der Waals surface area contributed by atoms with E-state index in [1.165, 1.54) is 0 Å². The number of phosphoric ester groups is 1. The van der Waals surface area contributed by atoms with Gasteiger partial charge in [0.25, 0.3) is 0 Å². The highest BCUT2D eigenvalue weighted by Gasteiger charge is 2.49. The van der Waals surface area contributed by atoms with E-state index in [-0.39, 0.29) is 13.2 Å². The van der Waals surface area contributed by atoms with Crippen molar-refractivity contribution in [2.75, 3.05) is 20.3 Å². The predicted molar refractivity (Wildman–Crippen MR) is 47.2 cm³/mol. The lowest BCUT2D eigenvalue weighted by molar-refractivity contribution is -0.000106. The number of ether oxygens (including phenoxy) is 2. The number of phosphoric acid groups is 1. The first-order valence-electron chi connectivity index (χ1n) is 4.52. The van der Waals surface area contributed by atoms with Crippen molar-refractivity contribution >= 4 is 7.82 Å². The molecule has 2 aliphatic rings. The molecule has 0 radical (unpaired) electrons. The minimum absolute atomic E-state index is 0.111. The Morgan fingerprint density at radius 1 is 1.33 bits per heavy atom. The van der Waals surface area contributed by atoms with E-state index in [1.54, 1.807) is 0 Å². The van der Waals surface area contributed by atoms with Crippen LogP contribution < -0.4 is 0 Å². The Morgan fingerprint density at radius 2 is 2.00 bits per heavy atom. The highest BCUT2D eigenvalue weighted by atomic mass is 31.2. The lowest BCUT2D eigenvalue weighted by atomic mass is 10.1. The Balaban J connectivity index is 1.98. The second-order valence-corrected chi connectivity index (χ2v) is 4.97. The Bertz CT molecular complexity index is 283. The fourth-order valence-electron chi connectivity index (χ4n) is 1.75. The van der Waals surface area contributed by atoms with Gasteiger partial charge in [0.15, 0.2) is 0 Å². The summed E-state index contributed by atoms with van der Waals surface area (Å²) in [7, 11) is -2.95. The topological polar surface area (TPSA) is 94.5 Å². The van der Waals surface area contributed by atoms with Crippen molar-refractivity contribution in [3.63, 3.8) is 0 Å². The van der Waals surface area contributed by atoms with Gasteiger partial charge in [-0.05, 0) is 0 Å². The molecule has 15 heavy (non-hydrogen) atoms. The Hall–Kier alpha value is -0.0100. The van der Waals surface area contributed by atoms with Crippen LogP contribution >= 0.6 is 7.82 Å². The Morgan fingerprint density at radius 3 is 2.67 bits per heavy atom. The van der Waals surface area contributed by atoms with Crippen molar-refractivity contribution in [3.8, 4) is 0 Å². The smallest absolute Gasteiger partial charge is 0.388 e. The molecule has 0 aromatic rings. The number of aliphatic hydroxyl groups is 1. The molecule has 0 amide bonds. The number of aliphatic hydroxyl groups excluding tert-OH is 1. The first-order valence-corrected chi connectivity index (χ1v) is 6.01. The molecule has 88 valence electrons. The van der Waals surface area contributed by atoms with Crippen LogP contribution in [0.15, 0.2) is 0 Å². The zero-order chi connectivity index (χ0) is 11.1. The summed E-state index contributed by atoms with van der Waals surface area (Å²) in [6.45, 7) is 0.262. The van der Waals surface area contributed by atoms with Gasteiger partial charge in [-0.3, -0.25) is 9.05 Å². The molecule has 2 rings (SSSR count). The largest absolute Gasteiger partial charge is 0.472 e. The van der Waals surface area contributed by atoms with Gasteiger partial charge < -0.3 is 19.5 Å². The average Bonchev–Trinajstić information content (AvgIpc) is 2.72. The summed E-state index contributed by atoms with van der Waals surface area (Å²) in [5.41, 5.74) is 0. The molecule has 0 aromatic heterocycles. The van der Waals surface area contributed by atoms with E-state index in [0.29, 0.717) is 0 Å². The number of rotatable bonds is 3.